The summed E-state index contributed by atoms with van der Waals surface area (Å²) in [5, 5.41) is 0. The van der Waals surface area contributed by atoms with E-state index in [1.54, 1.807) is 42.5 Å². The molecule has 2 saturated carbocycles. The Labute approximate surface area is 230 Å². The maximum absolute atomic E-state index is 15.3. The lowest BCUT2D eigenvalue weighted by molar-refractivity contribution is 0.156. The van der Waals surface area contributed by atoms with Gasteiger partial charge in [-0.15, -0.1) is 0 Å². The summed E-state index contributed by atoms with van der Waals surface area (Å²) in [7, 11) is 0. The third-order valence-electron chi connectivity index (χ3n) is 9.79. The van der Waals surface area contributed by atoms with Gasteiger partial charge in [-0.25, -0.2) is 13.2 Å². The van der Waals surface area contributed by atoms with Gasteiger partial charge in [0.15, 0.2) is 11.6 Å². The maximum Gasteiger partial charge on any atom is 0.167 e. The average molecular weight is 533 g/mol. The summed E-state index contributed by atoms with van der Waals surface area (Å²) in [5.41, 5.74) is 3.40. The standard InChI is InChI=1S/C35H39F3O/c1-2-3-22-4-6-23(7-5-22)24-8-10-25(11-9-24)28-16-17-29(32(36)20-28)26-12-14-27(15-13-26)30-18-19-31(33-21-39-33)35(38)34(30)37/h12-20,22-25,33H,2-11,21H2,1H3. The zero-order chi connectivity index (χ0) is 26.9. The quantitative estimate of drug-likeness (QED) is 0.276. The minimum absolute atomic E-state index is 0.198. The Bertz CT molecular complexity index is 1280. The maximum atomic E-state index is 15.3. The van der Waals surface area contributed by atoms with Gasteiger partial charge in [-0.05, 0) is 85.0 Å². The van der Waals surface area contributed by atoms with Crippen molar-refractivity contribution in [2.75, 3.05) is 6.61 Å². The Morgan fingerprint density at radius 1 is 0.692 bits per heavy atom. The highest BCUT2D eigenvalue weighted by molar-refractivity contribution is 5.71. The van der Waals surface area contributed by atoms with Gasteiger partial charge in [-0.2, -0.15) is 0 Å². The zero-order valence-corrected chi connectivity index (χ0v) is 22.9. The predicted molar refractivity (Wildman–Crippen MR) is 151 cm³/mol. The lowest BCUT2D eigenvalue weighted by atomic mass is 9.68. The minimum atomic E-state index is -0.870. The van der Waals surface area contributed by atoms with Crippen LogP contribution in [0.5, 0.6) is 0 Å². The van der Waals surface area contributed by atoms with Crippen molar-refractivity contribution in [3.63, 3.8) is 0 Å². The van der Waals surface area contributed by atoms with Gasteiger partial charge in [0.25, 0.3) is 0 Å². The highest BCUT2D eigenvalue weighted by Crippen LogP contribution is 2.45. The molecular formula is C35H39F3O. The first kappa shape index (κ1) is 26.6. The van der Waals surface area contributed by atoms with Gasteiger partial charge in [0.05, 0.1) is 6.61 Å². The second-order valence-electron chi connectivity index (χ2n) is 12.2. The van der Waals surface area contributed by atoms with Crippen LogP contribution in [0.3, 0.4) is 0 Å². The summed E-state index contributed by atoms with van der Waals surface area (Å²) in [6, 6.07) is 15.9. The molecule has 0 spiro atoms. The van der Waals surface area contributed by atoms with Crippen molar-refractivity contribution in [3.8, 4) is 22.3 Å². The molecule has 3 aliphatic rings. The van der Waals surface area contributed by atoms with E-state index in [2.05, 4.69) is 13.0 Å². The fourth-order valence-corrected chi connectivity index (χ4v) is 7.39. The summed E-state index contributed by atoms with van der Waals surface area (Å²) >= 11 is 0. The number of rotatable bonds is 7. The van der Waals surface area contributed by atoms with Crippen LogP contribution in [-0.4, -0.2) is 6.61 Å². The van der Waals surface area contributed by atoms with Gasteiger partial charge >= 0.3 is 0 Å². The van der Waals surface area contributed by atoms with Crippen molar-refractivity contribution in [2.45, 2.75) is 83.2 Å². The molecule has 3 fully saturated rings. The highest BCUT2D eigenvalue weighted by Gasteiger charge is 2.32. The van der Waals surface area contributed by atoms with E-state index >= 15 is 4.39 Å². The molecule has 0 radical (unpaired) electrons. The van der Waals surface area contributed by atoms with E-state index in [0.29, 0.717) is 23.7 Å². The first-order valence-electron chi connectivity index (χ1n) is 15.0. The van der Waals surface area contributed by atoms with Crippen LogP contribution >= 0.6 is 0 Å². The van der Waals surface area contributed by atoms with Crippen LogP contribution in [0.4, 0.5) is 13.2 Å². The average Bonchev–Trinajstić information content (AvgIpc) is 3.81. The largest absolute Gasteiger partial charge is 0.368 e. The molecule has 1 heterocycles. The molecule has 3 aromatic carbocycles. The van der Waals surface area contributed by atoms with E-state index in [9.17, 15) is 8.78 Å². The van der Waals surface area contributed by atoms with Crippen LogP contribution in [0, 0.1) is 35.2 Å². The fourth-order valence-electron chi connectivity index (χ4n) is 7.39. The molecule has 1 unspecified atom stereocenters. The molecule has 0 amide bonds. The number of epoxide rings is 1. The van der Waals surface area contributed by atoms with Crippen molar-refractivity contribution >= 4 is 0 Å². The van der Waals surface area contributed by atoms with Crippen LogP contribution in [0.15, 0.2) is 54.6 Å². The topological polar surface area (TPSA) is 12.5 Å². The molecule has 1 nitrogen and oxygen atoms in total. The highest BCUT2D eigenvalue weighted by atomic mass is 19.2. The first-order chi connectivity index (χ1) is 19.0. The van der Waals surface area contributed by atoms with Gasteiger partial charge in [-0.1, -0.05) is 81.1 Å². The van der Waals surface area contributed by atoms with Gasteiger partial charge in [0.2, 0.25) is 0 Å². The molecule has 0 bridgehead atoms. The Kier molecular flexibility index (Phi) is 7.84. The van der Waals surface area contributed by atoms with E-state index in [4.69, 9.17) is 4.74 Å². The second-order valence-corrected chi connectivity index (χ2v) is 12.2. The van der Waals surface area contributed by atoms with E-state index in [1.165, 1.54) is 51.4 Å². The molecule has 1 aliphatic heterocycles. The summed E-state index contributed by atoms with van der Waals surface area (Å²) < 4.78 is 49.6. The molecule has 3 aromatic rings. The molecule has 1 saturated heterocycles. The predicted octanol–water partition coefficient (Wildman–Crippen LogP) is 10.4. The normalized spacial score (nSPS) is 26.9. The summed E-state index contributed by atoms with van der Waals surface area (Å²) in [5.74, 6) is 1.20. The molecule has 39 heavy (non-hydrogen) atoms. The molecule has 206 valence electrons. The Hall–Kier alpha value is -2.59. The third kappa shape index (κ3) is 5.68. The van der Waals surface area contributed by atoms with Crippen LogP contribution in [0.1, 0.15) is 94.3 Å². The van der Waals surface area contributed by atoms with Crippen molar-refractivity contribution in [1.82, 2.24) is 0 Å². The van der Waals surface area contributed by atoms with Crippen LogP contribution in [0.25, 0.3) is 22.3 Å². The van der Waals surface area contributed by atoms with Gasteiger partial charge < -0.3 is 4.74 Å². The second kappa shape index (κ2) is 11.5. The molecule has 6 rings (SSSR count). The van der Waals surface area contributed by atoms with Gasteiger partial charge in [0.1, 0.15) is 11.9 Å². The van der Waals surface area contributed by atoms with Crippen LogP contribution in [-0.2, 0) is 4.74 Å². The number of hydrogen-bond donors (Lipinski definition) is 0. The number of hydrogen-bond acceptors (Lipinski definition) is 1. The fraction of sp³-hybridized carbons (Fsp3) is 0.486. The smallest absolute Gasteiger partial charge is 0.167 e. The van der Waals surface area contributed by atoms with Crippen LogP contribution in [0.2, 0.25) is 0 Å². The summed E-state index contributed by atoms with van der Waals surface area (Å²) in [6.45, 7) is 2.73. The lowest BCUT2D eigenvalue weighted by Crippen LogP contribution is -2.25. The molecule has 4 heteroatoms. The van der Waals surface area contributed by atoms with E-state index in [1.807, 2.05) is 6.07 Å². The van der Waals surface area contributed by atoms with E-state index in [-0.39, 0.29) is 23.0 Å². The number of benzene rings is 3. The lowest BCUT2D eigenvalue weighted by Gasteiger charge is -2.38. The van der Waals surface area contributed by atoms with Crippen molar-refractivity contribution in [1.29, 1.82) is 0 Å². The zero-order valence-electron chi connectivity index (χ0n) is 22.9. The molecular weight excluding hydrogens is 493 g/mol. The third-order valence-corrected chi connectivity index (χ3v) is 9.79. The van der Waals surface area contributed by atoms with Crippen molar-refractivity contribution in [3.05, 3.63) is 83.2 Å². The van der Waals surface area contributed by atoms with E-state index in [0.717, 1.165) is 41.7 Å². The SMILES string of the molecule is CCCC1CCC(C2CCC(c3ccc(-c4ccc(-c5ccc(C6CO6)c(F)c5F)cc4)c(F)c3)CC2)CC1. The summed E-state index contributed by atoms with van der Waals surface area (Å²) in [4.78, 5) is 0. The van der Waals surface area contributed by atoms with E-state index < -0.39 is 11.6 Å². The molecule has 0 aromatic heterocycles. The number of ether oxygens (including phenoxy) is 1. The molecule has 1 atom stereocenters. The molecule has 0 N–H and O–H groups in total. The van der Waals surface area contributed by atoms with Crippen molar-refractivity contribution < 1.29 is 17.9 Å². The molecule has 2 aliphatic carbocycles. The Morgan fingerprint density at radius 2 is 1.28 bits per heavy atom. The first-order valence-corrected chi connectivity index (χ1v) is 15.0. The number of halogens is 3. The van der Waals surface area contributed by atoms with Crippen LogP contribution < -0.4 is 0 Å². The summed E-state index contributed by atoms with van der Waals surface area (Å²) in [6.07, 6.45) is 12.9. The van der Waals surface area contributed by atoms with Crippen molar-refractivity contribution in [2.24, 2.45) is 17.8 Å². The Morgan fingerprint density at radius 3 is 1.87 bits per heavy atom. The Balaban J connectivity index is 1.09. The van der Waals surface area contributed by atoms with Gasteiger partial charge in [0, 0.05) is 16.7 Å². The van der Waals surface area contributed by atoms with Gasteiger partial charge in [-0.3, -0.25) is 0 Å². The monoisotopic (exact) mass is 532 g/mol. The minimum Gasteiger partial charge on any atom is -0.368 e.